The molecule has 1 aromatic rings. The molecule has 0 radical (unpaired) electrons. The highest BCUT2D eigenvalue weighted by atomic mass is 79.9. The summed E-state index contributed by atoms with van der Waals surface area (Å²) in [5, 5.41) is 10.7. The zero-order valence-corrected chi connectivity index (χ0v) is 11.3. The number of nitro groups is 1. The topological polar surface area (TPSA) is 78.7 Å². The van der Waals surface area contributed by atoms with Crippen LogP contribution in [0.3, 0.4) is 0 Å². The number of carbonyl (C=O) groups is 1. The third-order valence-electron chi connectivity index (χ3n) is 2.12. The van der Waals surface area contributed by atoms with Crippen molar-refractivity contribution in [1.82, 2.24) is 0 Å². The molecule has 0 bridgehead atoms. The van der Waals surface area contributed by atoms with E-state index in [1.807, 2.05) is 0 Å². The molecule has 0 unspecified atom stereocenters. The van der Waals surface area contributed by atoms with E-state index in [0.29, 0.717) is 13.0 Å². The molecule has 0 amide bonds. The van der Waals surface area contributed by atoms with Gasteiger partial charge in [0.2, 0.25) is 0 Å². The first-order valence-electron chi connectivity index (χ1n) is 5.17. The molecule has 98 valence electrons. The van der Waals surface area contributed by atoms with Crippen LogP contribution in [0.1, 0.15) is 16.8 Å². The second-order valence-electron chi connectivity index (χ2n) is 3.38. The summed E-state index contributed by atoms with van der Waals surface area (Å²) >= 11 is 3.04. The first-order chi connectivity index (χ1) is 8.57. The fraction of sp³-hybridized carbons (Fsp3) is 0.364. The average Bonchev–Trinajstić information content (AvgIpc) is 2.34. The third kappa shape index (κ3) is 3.78. The molecule has 6 nitrogen and oxygen atoms in total. The largest absolute Gasteiger partial charge is 0.462 e. The third-order valence-corrected chi connectivity index (χ3v) is 2.95. The molecule has 0 atom stereocenters. The first kappa shape index (κ1) is 14.6. The number of nitrogens with zero attached hydrogens (tertiary/aromatic N) is 1. The van der Waals surface area contributed by atoms with Gasteiger partial charge in [0.05, 0.1) is 17.1 Å². The van der Waals surface area contributed by atoms with E-state index in [4.69, 9.17) is 9.47 Å². The number of hydrogen-bond acceptors (Lipinski definition) is 5. The molecule has 0 saturated heterocycles. The average molecular weight is 318 g/mol. The molecule has 0 aromatic heterocycles. The van der Waals surface area contributed by atoms with Gasteiger partial charge in [0.1, 0.15) is 4.47 Å². The molecule has 0 heterocycles. The van der Waals surface area contributed by atoms with E-state index in [1.54, 1.807) is 7.11 Å². The van der Waals surface area contributed by atoms with Gasteiger partial charge in [-0.05, 0) is 22.0 Å². The van der Waals surface area contributed by atoms with E-state index in [0.717, 1.165) is 0 Å². The van der Waals surface area contributed by atoms with Gasteiger partial charge < -0.3 is 9.47 Å². The molecule has 0 fully saturated rings. The number of nitro benzene ring substituents is 1. The van der Waals surface area contributed by atoms with Crippen LogP contribution in [0.2, 0.25) is 0 Å². The van der Waals surface area contributed by atoms with E-state index in [1.165, 1.54) is 18.2 Å². The molecular weight excluding hydrogens is 306 g/mol. The molecule has 18 heavy (non-hydrogen) atoms. The van der Waals surface area contributed by atoms with Crippen LogP contribution in [0.25, 0.3) is 0 Å². The summed E-state index contributed by atoms with van der Waals surface area (Å²) in [6.07, 6.45) is 0.578. The van der Waals surface area contributed by atoms with Crippen LogP contribution in [0.5, 0.6) is 0 Å². The fourth-order valence-corrected chi connectivity index (χ4v) is 1.84. The van der Waals surface area contributed by atoms with Gasteiger partial charge in [0, 0.05) is 26.2 Å². The van der Waals surface area contributed by atoms with E-state index in [-0.39, 0.29) is 22.3 Å². The first-order valence-corrected chi connectivity index (χ1v) is 5.96. The predicted molar refractivity (Wildman–Crippen MR) is 67.6 cm³/mol. The molecule has 1 aromatic carbocycles. The Balaban J connectivity index is 2.74. The standard InChI is InChI=1S/C11H12BrNO5/c1-17-6-3-7-18-11(14)8-4-2-5-9(10(8)12)13(15)16/h2,4-5H,3,6-7H2,1H3. The van der Waals surface area contributed by atoms with E-state index in [9.17, 15) is 14.9 Å². The number of hydrogen-bond donors (Lipinski definition) is 0. The second-order valence-corrected chi connectivity index (χ2v) is 4.17. The number of methoxy groups -OCH3 is 1. The Morgan fingerprint density at radius 3 is 2.78 bits per heavy atom. The number of halogens is 1. The Morgan fingerprint density at radius 2 is 2.17 bits per heavy atom. The molecule has 0 aliphatic carbocycles. The lowest BCUT2D eigenvalue weighted by Crippen LogP contribution is -2.09. The number of ether oxygens (including phenoxy) is 2. The maximum Gasteiger partial charge on any atom is 0.339 e. The summed E-state index contributed by atoms with van der Waals surface area (Å²) in [5.74, 6) is -0.596. The van der Waals surface area contributed by atoms with E-state index in [2.05, 4.69) is 15.9 Å². The lowest BCUT2D eigenvalue weighted by Gasteiger charge is -2.06. The summed E-state index contributed by atoms with van der Waals surface area (Å²) in [7, 11) is 1.55. The molecule has 1 rings (SSSR count). The lowest BCUT2D eigenvalue weighted by molar-refractivity contribution is -0.385. The predicted octanol–water partition coefficient (Wildman–Crippen LogP) is 2.55. The van der Waals surface area contributed by atoms with Gasteiger partial charge in [0.15, 0.2) is 0 Å². The Labute approximate surface area is 112 Å². The van der Waals surface area contributed by atoms with Crippen LogP contribution in [-0.2, 0) is 9.47 Å². The molecule has 0 saturated carbocycles. The van der Waals surface area contributed by atoms with Crippen LogP contribution < -0.4 is 0 Å². The monoisotopic (exact) mass is 317 g/mol. The van der Waals surface area contributed by atoms with Gasteiger partial charge in [-0.3, -0.25) is 10.1 Å². The molecular formula is C11H12BrNO5. The highest BCUT2D eigenvalue weighted by Gasteiger charge is 2.20. The quantitative estimate of drug-likeness (QED) is 0.348. The zero-order valence-electron chi connectivity index (χ0n) is 9.72. The van der Waals surface area contributed by atoms with Crippen molar-refractivity contribution in [3.63, 3.8) is 0 Å². The van der Waals surface area contributed by atoms with Crippen molar-refractivity contribution in [2.24, 2.45) is 0 Å². The molecule has 0 N–H and O–H groups in total. The molecule has 7 heteroatoms. The number of carbonyl (C=O) groups excluding carboxylic acids is 1. The Hall–Kier alpha value is -1.47. The minimum Gasteiger partial charge on any atom is -0.462 e. The van der Waals surface area contributed by atoms with Gasteiger partial charge in [0.25, 0.3) is 5.69 Å². The normalized spacial score (nSPS) is 10.1. The number of esters is 1. The fourth-order valence-electron chi connectivity index (χ4n) is 1.26. The number of benzene rings is 1. The van der Waals surface area contributed by atoms with Gasteiger partial charge in [-0.15, -0.1) is 0 Å². The van der Waals surface area contributed by atoms with E-state index < -0.39 is 10.9 Å². The van der Waals surface area contributed by atoms with Crippen molar-refractivity contribution in [1.29, 1.82) is 0 Å². The maximum absolute atomic E-state index is 11.7. The van der Waals surface area contributed by atoms with Crippen molar-refractivity contribution in [3.8, 4) is 0 Å². The SMILES string of the molecule is COCCCOC(=O)c1cccc([N+](=O)[O-])c1Br. The zero-order chi connectivity index (χ0) is 13.5. The van der Waals surface area contributed by atoms with Gasteiger partial charge >= 0.3 is 5.97 Å². The smallest absolute Gasteiger partial charge is 0.339 e. The Kier molecular flexibility index (Phi) is 5.73. The van der Waals surface area contributed by atoms with Crippen molar-refractivity contribution in [3.05, 3.63) is 38.3 Å². The van der Waals surface area contributed by atoms with Crippen molar-refractivity contribution >= 4 is 27.6 Å². The lowest BCUT2D eigenvalue weighted by atomic mass is 10.2. The van der Waals surface area contributed by atoms with Crippen LogP contribution in [-0.4, -0.2) is 31.2 Å². The highest BCUT2D eigenvalue weighted by molar-refractivity contribution is 9.10. The molecule has 0 spiro atoms. The van der Waals surface area contributed by atoms with Crippen LogP contribution in [0, 0.1) is 10.1 Å². The van der Waals surface area contributed by atoms with Crippen molar-refractivity contribution < 1.29 is 19.2 Å². The second kappa shape index (κ2) is 7.07. The Morgan fingerprint density at radius 1 is 1.44 bits per heavy atom. The van der Waals surface area contributed by atoms with Crippen molar-refractivity contribution in [2.75, 3.05) is 20.3 Å². The van der Waals surface area contributed by atoms with Crippen LogP contribution >= 0.6 is 15.9 Å². The minimum absolute atomic E-state index is 0.131. The molecule has 0 aliphatic rings. The Bertz CT molecular complexity index is 449. The van der Waals surface area contributed by atoms with Crippen LogP contribution in [0.4, 0.5) is 5.69 Å². The van der Waals surface area contributed by atoms with Crippen molar-refractivity contribution in [2.45, 2.75) is 6.42 Å². The maximum atomic E-state index is 11.7. The van der Waals surface area contributed by atoms with Crippen LogP contribution in [0.15, 0.2) is 22.7 Å². The van der Waals surface area contributed by atoms with Gasteiger partial charge in [-0.2, -0.15) is 0 Å². The molecule has 0 aliphatic heterocycles. The van der Waals surface area contributed by atoms with E-state index >= 15 is 0 Å². The number of rotatable bonds is 6. The summed E-state index contributed by atoms with van der Waals surface area (Å²) in [5.41, 5.74) is -0.0250. The minimum atomic E-state index is -0.596. The summed E-state index contributed by atoms with van der Waals surface area (Å²) < 4.78 is 9.92. The van der Waals surface area contributed by atoms with Gasteiger partial charge in [-0.25, -0.2) is 4.79 Å². The summed E-state index contributed by atoms with van der Waals surface area (Å²) in [4.78, 5) is 21.8. The highest BCUT2D eigenvalue weighted by Crippen LogP contribution is 2.28. The summed E-state index contributed by atoms with van der Waals surface area (Å²) in [6, 6.07) is 4.22. The van der Waals surface area contributed by atoms with Gasteiger partial charge in [-0.1, -0.05) is 6.07 Å². The summed E-state index contributed by atoms with van der Waals surface area (Å²) in [6.45, 7) is 0.700.